The van der Waals surface area contributed by atoms with E-state index in [1.807, 2.05) is 54.6 Å². The molecule has 3 aromatic rings. The number of nitriles is 1. The summed E-state index contributed by atoms with van der Waals surface area (Å²) >= 11 is 0. The Kier molecular flexibility index (Phi) is 2.36. The van der Waals surface area contributed by atoms with Gasteiger partial charge in [0.2, 0.25) is 0 Å². The van der Waals surface area contributed by atoms with Gasteiger partial charge in [0.1, 0.15) is 11.5 Å². The van der Waals surface area contributed by atoms with Gasteiger partial charge >= 0.3 is 0 Å². The lowest BCUT2D eigenvalue weighted by Crippen LogP contribution is -2.39. The molecule has 3 heteroatoms. The number of allylic oxidation sites excluding steroid dienone is 1. The van der Waals surface area contributed by atoms with Gasteiger partial charge in [0.25, 0.3) is 0 Å². The normalized spacial score (nSPS) is 20.0. The molecule has 0 amide bonds. The van der Waals surface area contributed by atoms with Gasteiger partial charge in [-0.15, -0.1) is 0 Å². The number of ketones is 1. The number of hydrogen-bond acceptors (Lipinski definition) is 3. The fraction of sp³-hybridized carbons (Fsp3) is 0.0476. The Balaban J connectivity index is 2.02. The van der Waals surface area contributed by atoms with Crippen LogP contribution in [0.25, 0.3) is 16.8 Å². The van der Waals surface area contributed by atoms with Crippen LogP contribution in [0.1, 0.15) is 16.7 Å². The number of nitrogens with zero attached hydrogens (tertiary/aromatic N) is 1. The van der Waals surface area contributed by atoms with Gasteiger partial charge in [0.05, 0.1) is 6.07 Å². The third kappa shape index (κ3) is 1.38. The maximum absolute atomic E-state index is 13.0. The fourth-order valence-corrected chi connectivity index (χ4v) is 3.84. The van der Waals surface area contributed by atoms with Crippen molar-refractivity contribution in [3.8, 4) is 17.6 Å². The zero-order valence-electron chi connectivity index (χ0n) is 12.6. The Morgan fingerprint density at radius 3 is 2.58 bits per heavy atom. The molecule has 0 saturated heterocycles. The number of benzene rings is 3. The maximum Gasteiger partial charge on any atom is 0.185 e. The maximum atomic E-state index is 13.0. The lowest BCUT2D eigenvalue weighted by atomic mass is 9.65. The van der Waals surface area contributed by atoms with Crippen molar-refractivity contribution in [3.05, 3.63) is 77.4 Å². The van der Waals surface area contributed by atoms with Crippen LogP contribution in [0.15, 0.2) is 60.7 Å². The van der Waals surface area contributed by atoms with Crippen molar-refractivity contribution in [2.24, 2.45) is 0 Å². The molecule has 1 atom stereocenters. The Morgan fingerprint density at radius 1 is 0.875 bits per heavy atom. The SMILES string of the molecule is N#CC12C(=O)C=Cc3cccc(c31)Oc1ccc3ccccc3c12. The Morgan fingerprint density at radius 2 is 1.71 bits per heavy atom. The monoisotopic (exact) mass is 309 g/mol. The molecule has 0 radical (unpaired) electrons. The van der Waals surface area contributed by atoms with Crippen LogP contribution in [0.3, 0.4) is 0 Å². The van der Waals surface area contributed by atoms with Crippen LogP contribution in [-0.4, -0.2) is 5.78 Å². The fourth-order valence-electron chi connectivity index (χ4n) is 3.84. The molecule has 2 aliphatic rings. The molecular formula is C21H11NO2. The number of carbonyl (C=O) groups is 1. The van der Waals surface area contributed by atoms with Gasteiger partial charge in [0.15, 0.2) is 11.2 Å². The first kappa shape index (κ1) is 13.1. The number of rotatable bonds is 0. The standard InChI is InChI=1S/C21H11NO2/c22-12-21-18(23)11-9-14-5-3-7-16(19(14)21)24-17-10-8-13-4-1-2-6-15(13)20(17)21/h1-11H. The average molecular weight is 309 g/mol. The van der Waals surface area contributed by atoms with Gasteiger partial charge in [-0.3, -0.25) is 4.79 Å². The molecule has 0 saturated carbocycles. The van der Waals surface area contributed by atoms with Gasteiger partial charge < -0.3 is 4.74 Å². The summed E-state index contributed by atoms with van der Waals surface area (Å²) in [7, 11) is 0. The minimum atomic E-state index is -1.35. The summed E-state index contributed by atoms with van der Waals surface area (Å²) in [4.78, 5) is 13.0. The van der Waals surface area contributed by atoms with Crippen LogP contribution in [-0.2, 0) is 10.2 Å². The van der Waals surface area contributed by atoms with Gasteiger partial charge in [-0.2, -0.15) is 5.26 Å². The Hall–Kier alpha value is -3.38. The van der Waals surface area contributed by atoms with E-state index < -0.39 is 5.41 Å². The van der Waals surface area contributed by atoms with Crippen molar-refractivity contribution < 1.29 is 9.53 Å². The molecule has 0 N–H and O–H groups in total. The van der Waals surface area contributed by atoms with Crippen LogP contribution in [0.5, 0.6) is 11.5 Å². The second kappa shape index (κ2) is 4.33. The molecule has 3 aromatic carbocycles. The molecule has 0 fully saturated rings. The average Bonchev–Trinajstić information content (AvgIpc) is 2.63. The second-order valence-electron chi connectivity index (χ2n) is 6.04. The van der Waals surface area contributed by atoms with Gasteiger partial charge in [-0.05, 0) is 34.5 Å². The molecular weight excluding hydrogens is 298 g/mol. The van der Waals surface area contributed by atoms with E-state index in [-0.39, 0.29) is 5.78 Å². The van der Waals surface area contributed by atoms with Crippen LogP contribution >= 0.6 is 0 Å². The predicted molar refractivity (Wildman–Crippen MR) is 90.9 cm³/mol. The molecule has 24 heavy (non-hydrogen) atoms. The number of fused-ring (bicyclic) bond motifs is 4. The van der Waals surface area contributed by atoms with E-state index >= 15 is 0 Å². The predicted octanol–water partition coefficient (Wildman–Crippen LogP) is 4.35. The lowest BCUT2D eigenvalue weighted by Gasteiger charge is -2.36. The highest BCUT2D eigenvalue weighted by molar-refractivity contribution is 6.13. The van der Waals surface area contributed by atoms with Gasteiger partial charge in [0, 0.05) is 11.1 Å². The number of ether oxygens (including phenoxy) is 1. The molecule has 112 valence electrons. The first-order chi connectivity index (χ1) is 11.8. The number of carbonyl (C=O) groups excluding carboxylic acids is 1. The molecule has 3 nitrogen and oxygen atoms in total. The van der Waals surface area contributed by atoms with E-state index in [2.05, 4.69) is 6.07 Å². The molecule has 1 aliphatic heterocycles. The second-order valence-corrected chi connectivity index (χ2v) is 6.04. The summed E-state index contributed by atoms with van der Waals surface area (Å²) in [5, 5.41) is 12.0. The molecule has 1 aliphatic carbocycles. The van der Waals surface area contributed by atoms with E-state index in [4.69, 9.17) is 4.74 Å². The Labute approximate surface area is 138 Å². The summed E-state index contributed by atoms with van der Waals surface area (Å²) in [5.74, 6) is 0.934. The third-order valence-electron chi connectivity index (χ3n) is 4.87. The number of hydrogen-bond donors (Lipinski definition) is 0. The molecule has 0 spiro atoms. The summed E-state index contributed by atoms with van der Waals surface area (Å²) < 4.78 is 6.07. The first-order valence-corrected chi connectivity index (χ1v) is 7.73. The zero-order valence-corrected chi connectivity index (χ0v) is 12.6. The van der Waals surface area contributed by atoms with E-state index in [1.165, 1.54) is 6.08 Å². The summed E-state index contributed by atoms with van der Waals surface area (Å²) in [6.45, 7) is 0. The van der Waals surface area contributed by atoms with Gasteiger partial charge in [-0.1, -0.05) is 48.5 Å². The zero-order chi connectivity index (χ0) is 16.3. The van der Waals surface area contributed by atoms with Crippen molar-refractivity contribution in [2.45, 2.75) is 5.41 Å². The van der Waals surface area contributed by atoms with E-state index in [9.17, 15) is 10.1 Å². The third-order valence-corrected chi connectivity index (χ3v) is 4.87. The summed E-state index contributed by atoms with van der Waals surface area (Å²) in [5.41, 5.74) is 0.809. The molecule has 1 heterocycles. The molecule has 0 bridgehead atoms. The van der Waals surface area contributed by atoms with E-state index in [0.29, 0.717) is 22.6 Å². The van der Waals surface area contributed by atoms with Crippen LogP contribution in [0.4, 0.5) is 0 Å². The lowest BCUT2D eigenvalue weighted by molar-refractivity contribution is -0.117. The largest absolute Gasteiger partial charge is 0.457 e. The van der Waals surface area contributed by atoms with Crippen LogP contribution in [0.2, 0.25) is 0 Å². The van der Waals surface area contributed by atoms with E-state index in [0.717, 1.165) is 16.3 Å². The smallest absolute Gasteiger partial charge is 0.185 e. The molecule has 1 unspecified atom stereocenters. The van der Waals surface area contributed by atoms with Crippen molar-refractivity contribution in [2.75, 3.05) is 0 Å². The highest BCUT2D eigenvalue weighted by Crippen LogP contribution is 2.53. The van der Waals surface area contributed by atoms with E-state index in [1.54, 1.807) is 6.08 Å². The minimum Gasteiger partial charge on any atom is -0.457 e. The molecule has 5 rings (SSSR count). The first-order valence-electron chi connectivity index (χ1n) is 7.73. The van der Waals surface area contributed by atoms with Crippen LogP contribution in [0, 0.1) is 11.3 Å². The van der Waals surface area contributed by atoms with Crippen LogP contribution < -0.4 is 4.74 Å². The minimum absolute atomic E-state index is 0.217. The topological polar surface area (TPSA) is 50.1 Å². The van der Waals surface area contributed by atoms with Gasteiger partial charge in [-0.25, -0.2) is 0 Å². The highest BCUT2D eigenvalue weighted by atomic mass is 16.5. The highest BCUT2D eigenvalue weighted by Gasteiger charge is 2.51. The van der Waals surface area contributed by atoms with Crippen molar-refractivity contribution in [1.82, 2.24) is 0 Å². The summed E-state index contributed by atoms with van der Waals surface area (Å²) in [6.07, 6.45) is 3.27. The molecule has 0 aromatic heterocycles. The summed E-state index contributed by atoms with van der Waals surface area (Å²) in [6, 6.07) is 19.5. The van der Waals surface area contributed by atoms with Crippen molar-refractivity contribution in [1.29, 1.82) is 5.26 Å². The Bertz CT molecular complexity index is 1120. The van der Waals surface area contributed by atoms with Crippen molar-refractivity contribution >= 4 is 22.6 Å². The van der Waals surface area contributed by atoms with Crippen molar-refractivity contribution in [3.63, 3.8) is 0 Å². The quantitative estimate of drug-likeness (QED) is 0.620.